The Morgan fingerprint density at radius 2 is 1.68 bits per heavy atom. The van der Waals surface area contributed by atoms with Crippen molar-refractivity contribution in [2.24, 2.45) is 11.8 Å². The molecule has 12 heteroatoms. The Kier molecular flexibility index (Phi) is 13.6. The van der Waals surface area contributed by atoms with E-state index in [2.05, 4.69) is 26.6 Å². The van der Waals surface area contributed by atoms with Crippen LogP contribution in [-0.2, 0) is 30.3 Å². The molecule has 0 aliphatic carbocycles. The summed E-state index contributed by atoms with van der Waals surface area (Å²) < 4.78 is 4.76. The molecule has 0 spiro atoms. The van der Waals surface area contributed by atoms with Gasteiger partial charge in [-0.05, 0) is 49.1 Å². The summed E-state index contributed by atoms with van der Waals surface area (Å²) >= 11 is 6.33. The van der Waals surface area contributed by atoms with Crippen molar-refractivity contribution in [2.75, 3.05) is 13.7 Å². The molecule has 1 aliphatic rings. The second-order valence-corrected chi connectivity index (χ2v) is 11.1. The second kappa shape index (κ2) is 16.6. The SMILES string of the molecule is COC(=O)C(NC(=O)N[C@H](C(=O)N[C@H]1CCCCNC(=O)/C=C/[C@H](Cc2ccccc2Cl)NC1=O)C(C)C)C(C)C. The lowest BCUT2D eigenvalue weighted by Gasteiger charge is -2.28. The molecule has 0 saturated heterocycles. The molecule has 1 unspecified atom stereocenters. The predicted octanol–water partition coefficient (Wildman–Crippen LogP) is 2.23. The van der Waals surface area contributed by atoms with Crippen molar-refractivity contribution in [3.8, 4) is 0 Å². The predicted molar refractivity (Wildman–Crippen MR) is 156 cm³/mol. The third-order valence-electron chi connectivity index (χ3n) is 6.70. The minimum atomic E-state index is -0.979. The second-order valence-electron chi connectivity index (χ2n) is 10.7. The third-order valence-corrected chi connectivity index (χ3v) is 7.07. The first kappa shape index (κ1) is 33.6. The first-order chi connectivity index (χ1) is 19.4. The van der Waals surface area contributed by atoms with Crippen molar-refractivity contribution in [1.29, 1.82) is 0 Å². The topological polar surface area (TPSA) is 155 Å². The van der Waals surface area contributed by atoms with E-state index in [1.807, 2.05) is 12.1 Å². The lowest BCUT2D eigenvalue weighted by Crippen LogP contribution is -2.59. The summed E-state index contributed by atoms with van der Waals surface area (Å²) in [7, 11) is 1.23. The average molecular weight is 592 g/mol. The smallest absolute Gasteiger partial charge is 0.328 e. The molecule has 0 saturated carbocycles. The highest BCUT2D eigenvalue weighted by Crippen LogP contribution is 2.17. The lowest BCUT2D eigenvalue weighted by molar-refractivity contribution is -0.144. The van der Waals surface area contributed by atoms with E-state index in [1.165, 1.54) is 13.2 Å². The fourth-order valence-electron chi connectivity index (χ4n) is 4.31. The Hall–Kier alpha value is -3.60. The summed E-state index contributed by atoms with van der Waals surface area (Å²) in [6, 6.07) is 3.20. The Balaban J connectivity index is 2.19. The molecule has 0 aromatic heterocycles. The maximum Gasteiger partial charge on any atom is 0.328 e. The Labute approximate surface area is 246 Å². The van der Waals surface area contributed by atoms with Gasteiger partial charge < -0.3 is 31.3 Å². The van der Waals surface area contributed by atoms with Crippen molar-refractivity contribution >= 4 is 41.3 Å². The van der Waals surface area contributed by atoms with Crippen LogP contribution in [0.5, 0.6) is 0 Å². The summed E-state index contributed by atoms with van der Waals surface area (Å²) in [6.45, 7) is 7.47. The van der Waals surface area contributed by atoms with E-state index in [1.54, 1.807) is 45.9 Å². The van der Waals surface area contributed by atoms with Crippen molar-refractivity contribution in [3.05, 3.63) is 47.0 Å². The van der Waals surface area contributed by atoms with Crippen LogP contribution >= 0.6 is 11.6 Å². The van der Waals surface area contributed by atoms with Crippen LogP contribution in [0, 0.1) is 11.8 Å². The summed E-state index contributed by atoms with van der Waals surface area (Å²) in [5.74, 6) is -2.37. The zero-order valence-electron chi connectivity index (χ0n) is 24.3. The van der Waals surface area contributed by atoms with E-state index >= 15 is 0 Å². The van der Waals surface area contributed by atoms with Gasteiger partial charge in [-0.2, -0.15) is 0 Å². The monoisotopic (exact) mass is 591 g/mol. The number of esters is 1. The van der Waals surface area contributed by atoms with Gasteiger partial charge >= 0.3 is 12.0 Å². The molecule has 4 atom stereocenters. The van der Waals surface area contributed by atoms with Crippen LogP contribution in [0.4, 0.5) is 4.79 Å². The van der Waals surface area contributed by atoms with E-state index in [0.717, 1.165) is 5.56 Å². The number of urea groups is 1. The molecule has 5 N–H and O–H groups in total. The van der Waals surface area contributed by atoms with Gasteiger partial charge in [-0.15, -0.1) is 0 Å². The fraction of sp³-hybridized carbons (Fsp3) is 0.552. The minimum Gasteiger partial charge on any atom is -0.467 e. The number of amides is 5. The number of nitrogens with one attached hydrogen (secondary N) is 5. The molecule has 0 radical (unpaired) electrons. The normalized spacial score (nSPS) is 20.4. The lowest BCUT2D eigenvalue weighted by atomic mass is 10.0. The van der Waals surface area contributed by atoms with Crippen LogP contribution in [0.3, 0.4) is 0 Å². The van der Waals surface area contributed by atoms with Crippen molar-refractivity contribution in [1.82, 2.24) is 26.6 Å². The van der Waals surface area contributed by atoms with Crippen LogP contribution in [0.25, 0.3) is 0 Å². The Morgan fingerprint density at radius 3 is 2.32 bits per heavy atom. The van der Waals surface area contributed by atoms with Crippen LogP contribution < -0.4 is 26.6 Å². The fourth-order valence-corrected chi connectivity index (χ4v) is 4.53. The van der Waals surface area contributed by atoms with Crippen LogP contribution in [0.2, 0.25) is 5.02 Å². The molecule has 41 heavy (non-hydrogen) atoms. The third kappa shape index (κ3) is 11.1. The maximum absolute atomic E-state index is 13.4. The van der Waals surface area contributed by atoms with Gasteiger partial charge in [0.25, 0.3) is 0 Å². The van der Waals surface area contributed by atoms with E-state index in [4.69, 9.17) is 16.3 Å². The summed E-state index contributed by atoms with van der Waals surface area (Å²) in [6.07, 6.45) is 4.82. The number of carbonyl (C=O) groups is 5. The molecule has 11 nitrogen and oxygen atoms in total. The van der Waals surface area contributed by atoms with Crippen LogP contribution in [-0.4, -0.2) is 67.5 Å². The van der Waals surface area contributed by atoms with Crippen LogP contribution in [0.15, 0.2) is 36.4 Å². The number of hydrogen-bond acceptors (Lipinski definition) is 6. The quantitative estimate of drug-likeness (QED) is 0.277. The largest absolute Gasteiger partial charge is 0.467 e. The van der Waals surface area contributed by atoms with Gasteiger partial charge in [0.1, 0.15) is 18.1 Å². The highest BCUT2D eigenvalue weighted by atomic mass is 35.5. The van der Waals surface area contributed by atoms with E-state index in [-0.39, 0.29) is 17.7 Å². The van der Waals surface area contributed by atoms with Gasteiger partial charge in [-0.25, -0.2) is 9.59 Å². The first-order valence-corrected chi connectivity index (χ1v) is 14.3. The van der Waals surface area contributed by atoms with E-state index < -0.39 is 48.0 Å². The van der Waals surface area contributed by atoms with E-state index in [0.29, 0.717) is 37.3 Å². The minimum absolute atomic E-state index is 0.239. The summed E-state index contributed by atoms with van der Waals surface area (Å²) in [4.78, 5) is 63.8. The van der Waals surface area contributed by atoms with Gasteiger partial charge in [0, 0.05) is 17.6 Å². The molecule has 2 rings (SSSR count). The molecule has 1 aromatic rings. The molecule has 0 bridgehead atoms. The maximum atomic E-state index is 13.4. The number of rotatable bonds is 9. The Bertz CT molecular complexity index is 1110. The molecular formula is C29H42ClN5O6. The van der Waals surface area contributed by atoms with Gasteiger partial charge in [0.2, 0.25) is 17.7 Å². The molecule has 5 amide bonds. The number of ether oxygens (including phenoxy) is 1. The first-order valence-electron chi connectivity index (χ1n) is 13.9. The van der Waals surface area contributed by atoms with Crippen molar-refractivity contribution in [2.45, 2.75) is 77.5 Å². The number of carbonyl (C=O) groups excluding carboxylic acids is 5. The molecule has 1 aliphatic heterocycles. The zero-order valence-corrected chi connectivity index (χ0v) is 25.0. The number of methoxy groups -OCH3 is 1. The molecule has 226 valence electrons. The summed E-state index contributed by atoms with van der Waals surface area (Å²) in [5.41, 5.74) is 0.791. The summed E-state index contributed by atoms with van der Waals surface area (Å²) in [5, 5.41) is 14.3. The zero-order chi connectivity index (χ0) is 30.5. The van der Waals surface area contributed by atoms with Gasteiger partial charge in [-0.3, -0.25) is 14.4 Å². The highest BCUT2D eigenvalue weighted by molar-refractivity contribution is 6.31. The van der Waals surface area contributed by atoms with Crippen molar-refractivity contribution in [3.63, 3.8) is 0 Å². The highest BCUT2D eigenvalue weighted by Gasteiger charge is 2.31. The van der Waals surface area contributed by atoms with Gasteiger partial charge in [0.05, 0.1) is 13.2 Å². The van der Waals surface area contributed by atoms with Crippen LogP contribution in [0.1, 0.15) is 52.5 Å². The van der Waals surface area contributed by atoms with E-state index in [9.17, 15) is 24.0 Å². The van der Waals surface area contributed by atoms with Gasteiger partial charge in [0.15, 0.2) is 0 Å². The number of benzene rings is 1. The molecule has 1 aromatic carbocycles. The van der Waals surface area contributed by atoms with Gasteiger partial charge in [-0.1, -0.05) is 63.6 Å². The van der Waals surface area contributed by atoms with Crippen molar-refractivity contribution < 1.29 is 28.7 Å². The molecule has 0 fully saturated rings. The standard InChI is InChI=1S/C29H42ClN5O6/c1-17(2)24(34-29(40)35-25(18(3)4)28(39)41-5)27(38)33-22-12-8-9-15-31-23(36)14-13-20(32-26(22)37)16-19-10-6-7-11-21(19)30/h6-7,10-11,13-14,17-18,20,22,24-25H,8-9,12,15-16H2,1-5H3,(H,31,36)(H,32,37)(H,33,38)(H2,34,35,40)/b14-13+/t20-,22+,24+,25?/m1/s1. The Morgan fingerprint density at radius 1 is 1.02 bits per heavy atom. The molecule has 1 heterocycles. The molecular weight excluding hydrogens is 550 g/mol. The number of hydrogen-bond donors (Lipinski definition) is 5. The number of halogens is 1. The average Bonchev–Trinajstić information content (AvgIpc) is 2.92.